The number of ether oxygens (including phenoxy) is 1. The Morgan fingerprint density at radius 2 is 1.76 bits per heavy atom. The zero-order valence-electron chi connectivity index (χ0n) is 24.7. The molecule has 3 aromatic rings. The first kappa shape index (κ1) is 34.0. The van der Waals surface area contributed by atoms with E-state index in [4.69, 9.17) is 4.74 Å². The third-order valence-corrected chi connectivity index (χ3v) is 8.71. The van der Waals surface area contributed by atoms with Crippen LogP contribution in [0.5, 0.6) is 5.75 Å². The number of carboxylic acid groups (broad SMARTS) is 1. The van der Waals surface area contributed by atoms with E-state index in [1.165, 1.54) is 38.2 Å². The van der Waals surface area contributed by atoms with Gasteiger partial charge in [0.15, 0.2) is 5.75 Å². The van der Waals surface area contributed by atoms with Crippen LogP contribution in [0.1, 0.15) is 29.8 Å². The molecule has 0 fully saturated rings. The third kappa shape index (κ3) is 7.67. The van der Waals surface area contributed by atoms with E-state index in [2.05, 4.69) is 10.0 Å². The van der Waals surface area contributed by atoms with Gasteiger partial charge in [0.2, 0.25) is 0 Å². The Labute approximate surface area is 261 Å². The minimum absolute atomic E-state index is 0.117. The summed E-state index contributed by atoms with van der Waals surface area (Å²) in [4.78, 5) is 40.5. The van der Waals surface area contributed by atoms with Crippen molar-refractivity contribution in [2.75, 3.05) is 30.2 Å². The van der Waals surface area contributed by atoms with E-state index in [9.17, 15) is 45.5 Å². The van der Waals surface area contributed by atoms with Crippen molar-refractivity contribution in [1.82, 2.24) is 9.80 Å². The molecule has 0 aliphatic carbocycles. The highest BCUT2D eigenvalue weighted by atomic mass is 32.2. The van der Waals surface area contributed by atoms with Gasteiger partial charge in [0, 0.05) is 25.2 Å². The van der Waals surface area contributed by atoms with Crippen molar-refractivity contribution in [2.24, 2.45) is 5.92 Å². The molecule has 3 amide bonds. The van der Waals surface area contributed by atoms with Crippen molar-refractivity contribution in [3.63, 3.8) is 0 Å². The Hall–Kier alpha value is -4.86. The number of fused-ring (bicyclic) bond motifs is 1. The number of halogens is 4. The number of carboxylic acids is 1. The number of hydrogen-bond donors (Lipinski definition) is 3. The van der Waals surface area contributed by atoms with E-state index < -0.39 is 63.6 Å². The van der Waals surface area contributed by atoms with Crippen LogP contribution in [0.3, 0.4) is 0 Å². The Kier molecular flexibility index (Phi) is 9.80. The highest BCUT2D eigenvalue weighted by Crippen LogP contribution is 2.36. The van der Waals surface area contributed by atoms with Crippen LogP contribution in [0.4, 0.5) is 33.7 Å². The molecule has 0 unspecified atom stereocenters. The Balaban J connectivity index is 1.69. The zero-order chi connectivity index (χ0) is 34.0. The SMILES string of the molecule is C[C@@H]1CN([C@@H](C)C(=O)O)C(=O)c2cccc(NS(=O)(=O)c3ccc(F)cc3)c2O[C@@H]1CN(C)C(=O)Nc1cccc(C(F)(F)F)c1. The molecule has 246 valence electrons. The van der Waals surface area contributed by atoms with Crippen molar-refractivity contribution in [3.8, 4) is 5.75 Å². The van der Waals surface area contributed by atoms with Gasteiger partial charge >= 0.3 is 18.2 Å². The number of carbonyl (C=O) groups excluding carboxylic acids is 2. The highest BCUT2D eigenvalue weighted by Gasteiger charge is 2.37. The molecule has 0 saturated carbocycles. The van der Waals surface area contributed by atoms with Crippen LogP contribution in [0, 0.1) is 11.7 Å². The van der Waals surface area contributed by atoms with E-state index >= 15 is 0 Å². The number of alkyl halides is 3. The lowest BCUT2D eigenvalue weighted by molar-refractivity contribution is -0.142. The van der Waals surface area contributed by atoms with Crippen LogP contribution in [-0.2, 0) is 21.0 Å². The largest absolute Gasteiger partial charge is 0.485 e. The molecular formula is C30H30F4N4O7S. The smallest absolute Gasteiger partial charge is 0.416 e. The predicted molar refractivity (Wildman–Crippen MR) is 158 cm³/mol. The van der Waals surface area contributed by atoms with E-state index in [1.54, 1.807) is 6.92 Å². The summed E-state index contributed by atoms with van der Waals surface area (Å²) in [5, 5.41) is 12.1. The lowest BCUT2D eigenvalue weighted by Crippen LogP contribution is -2.51. The van der Waals surface area contributed by atoms with Gasteiger partial charge in [0.1, 0.15) is 18.0 Å². The number of carbonyl (C=O) groups is 3. The second kappa shape index (κ2) is 13.2. The van der Waals surface area contributed by atoms with Crippen LogP contribution >= 0.6 is 0 Å². The molecule has 4 rings (SSSR count). The highest BCUT2D eigenvalue weighted by molar-refractivity contribution is 7.92. The Morgan fingerprint density at radius 1 is 1.11 bits per heavy atom. The van der Waals surface area contributed by atoms with Crippen molar-refractivity contribution >= 4 is 39.3 Å². The third-order valence-electron chi connectivity index (χ3n) is 7.33. The minimum atomic E-state index is -4.63. The van der Waals surface area contributed by atoms with Gasteiger partial charge in [-0.1, -0.05) is 19.1 Å². The fourth-order valence-corrected chi connectivity index (χ4v) is 5.76. The molecule has 0 aromatic heterocycles. The summed E-state index contributed by atoms with van der Waals surface area (Å²) in [7, 11) is -2.98. The maximum absolute atomic E-state index is 13.7. The quantitative estimate of drug-likeness (QED) is 0.283. The van der Waals surface area contributed by atoms with Crippen molar-refractivity contribution < 1.29 is 50.2 Å². The van der Waals surface area contributed by atoms with Crippen LogP contribution in [0.2, 0.25) is 0 Å². The summed E-state index contributed by atoms with van der Waals surface area (Å²) >= 11 is 0. The molecule has 16 heteroatoms. The zero-order valence-corrected chi connectivity index (χ0v) is 25.5. The molecule has 1 aliphatic rings. The summed E-state index contributed by atoms with van der Waals surface area (Å²) in [5.74, 6) is -3.61. The normalized spacial score (nSPS) is 17.5. The maximum atomic E-state index is 13.7. The number of para-hydroxylation sites is 1. The summed E-state index contributed by atoms with van der Waals surface area (Å²) < 4.78 is 87.8. The van der Waals surface area contributed by atoms with Crippen molar-refractivity contribution in [2.45, 2.75) is 37.1 Å². The van der Waals surface area contributed by atoms with Gasteiger partial charge in [-0.3, -0.25) is 9.52 Å². The number of anilines is 2. The summed E-state index contributed by atoms with van der Waals surface area (Å²) in [6, 6.07) is 9.92. The average Bonchev–Trinajstić information content (AvgIpc) is 2.98. The number of nitrogens with zero attached hydrogens (tertiary/aromatic N) is 2. The molecule has 11 nitrogen and oxygen atoms in total. The molecule has 3 aromatic carbocycles. The number of hydrogen-bond acceptors (Lipinski definition) is 6. The molecule has 1 heterocycles. The van der Waals surface area contributed by atoms with Crippen molar-refractivity contribution in [1.29, 1.82) is 0 Å². The predicted octanol–water partition coefficient (Wildman–Crippen LogP) is 5.12. The van der Waals surface area contributed by atoms with Crippen LogP contribution < -0.4 is 14.8 Å². The molecule has 0 saturated heterocycles. The van der Waals surface area contributed by atoms with E-state index in [0.29, 0.717) is 0 Å². The molecule has 3 N–H and O–H groups in total. The summed E-state index contributed by atoms with van der Waals surface area (Å²) in [5.41, 5.74) is -1.43. The molecule has 0 radical (unpaired) electrons. The van der Waals surface area contributed by atoms with E-state index in [-0.39, 0.29) is 40.7 Å². The maximum Gasteiger partial charge on any atom is 0.416 e. The lowest BCUT2D eigenvalue weighted by atomic mass is 9.99. The lowest BCUT2D eigenvalue weighted by Gasteiger charge is -2.38. The Morgan fingerprint density at radius 3 is 2.39 bits per heavy atom. The number of urea groups is 1. The molecule has 3 atom stereocenters. The standard InChI is InChI=1S/C30H30F4N4O7S/c1-17-15-38(18(2)28(40)41)27(39)23-8-5-9-24(36-46(43,44)22-12-10-20(31)11-13-22)26(23)45-25(17)16-37(3)29(42)35-21-7-4-6-19(14-21)30(32,33)34/h4-14,17-18,25,36H,15-16H2,1-3H3,(H,35,42)(H,40,41)/t17-,18+,25-/m1/s1. The topological polar surface area (TPSA) is 145 Å². The first-order valence-electron chi connectivity index (χ1n) is 13.8. The number of sulfonamides is 1. The second-order valence-electron chi connectivity index (χ2n) is 10.7. The van der Waals surface area contributed by atoms with Crippen LogP contribution in [-0.4, -0.2) is 73.5 Å². The number of amides is 3. The van der Waals surface area contributed by atoms with E-state index in [0.717, 1.165) is 52.3 Å². The molecule has 0 spiro atoms. The summed E-state index contributed by atoms with van der Waals surface area (Å²) in [6.07, 6.45) is -5.61. The fraction of sp³-hybridized carbons (Fsp3) is 0.300. The number of nitrogens with one attached hydrogen (secondary N) is 2. The van der Waals surface area contributed by atoms with Gasteiger partial charge < -0.3 is 25.0 Å². The first-order chi connectivity index (χ1) is 21.5. The fourth-order valence-electron chi connectivity index (χ4n) is 4.69. The molecule has 46 heavy (non-hydrogen) atoms. The summed E-state index contributed by atoms with van der Waals surface area (Å²) in [6.45, 7) is 2.59. The van der Waals surface area contributed by atoms with E-state index in [1.807, 2.05) is 0 Å². The number of likely N-dealkylation sites (N-methyl/N-ethyl adjacent to an activating group) is 1. The molecule has 1 aliphatic heterocycles. The molecular weight excluding hydrogens is 636 g/mol. The van der Waals surface area contributed by atoms with Gasteiger partial charge in [-0.2, -0.15) is 13.2 Å². The second-order valence-corrected chi connectivity index (χ2v) is 12.4. The number of benzene rings is 3. The number of aliphatic carboxylic acids is 1. The number of rotatable bonds is 8. The van der Waals surface area contributed by atoms with Gasteiger partial charge in [0.05, 0.1) is 28.3 Å². The Bertz CT molecular complexity index is 1740. The van der Waals surface area contributed by atoms with Gasteiger partial charge in [-0.25, -0.2) is 22.4 Å². The monoisotopic (exact) mass is 666 g/mol. The first-order valence-corrected chi connectivity index (χ1v) is 15.3. The van der Waals surface area contributed by atoms with Gasteiger partial charge in [-0.15, -0.1) is 0 Å². The molecule has 0 bridgehead atoms. The van der Waals surface area contributed by atoms with Gasteiger partial charge in [-0.05, 0) is 61.5 Å². The van der Waals surface area contributed by atoms with Crippen LogP contribution in [0.25, 0.3) is 0 Å². The average molecular weight is 667 g/mol. The minimum Gasteiger partial charge on any atom is -0.485 e. The van der Waals surface area contributed by atoms with Crippen LogP contribution in [0.15, 0.2) is 71.6 Å². The van der Waals surface area contributed by atoms with Gasteiger partial charge in [0.25, 0.3) is 15.9 Å². The van der Waals surface area contributed by atoms with Crippen molar-refractivity contribution in [3.05, 3.63) is 83.7 Å².